The van der Waals surface area contributed by atoms with E-state index in [9.17, 15) is 13.2 Å². The molecular formula is C15H12ClF3S. The molecule has 0 fully saturated rings. The van der Waals surface area contributed by atoms with Crippen molar-refractivity contribution in [2.24, 2.45) is 0 Å². The van der Waals surface area contributed by atoms with E-state index in [4.69, 9.17) is 11.6 Å². The predicted molar refractivity (Wildman–Crippen MR) is 79.1 cm³/mol. The standard InChI is InChI=1S/C15H12ClF3S/c1-20-9-12-3-2-11(8-14(12)16)10-4-6-13(7-5-10)15(17,18)19/h2-8H,9H2,1H3. The average molecular weight is 317 g/mol. The molecule has 0 aliphatic rings. The summed E-state index contributed by atoms with van der Waals surface area (Å²) >= 11 is 7.83. The lowest BCUT2D eigenvalue weighted by Gasteiger charge is -2.09. The second kappa shape index (κ2) is 6.10. The zero-order valence-corrected chi connectivity index (χ0v) is 12.2. The first-order chi connectivity index (χ1) is 9.41. The van der Waals surface area contributed by atoms with E-state index in [0.717, 1.165) is 34.6 Å². The highest BCUT2D eigenvalue weighted by Gasteiger charge is 2.29. The summed E-state index contributed by atoms with van der Waals surface area (Å²) in [6, 6.07) is 10.7. The smallest absolute Gasteiger partial charge is 0.166 e. The summed E-state index contributed by atoms with van der Waals surface area (Å²) in [5.74, 6) is 0.812. The number of thioether (sulfide) groups is 1. The molecule has 5 heteroatoms. The summed E-state index contributed by atoms with van der Waals surface area (Å²) < 4.78 is 37.5. The van der Waals surface area contributed by atoms with Crippen LogP contribution in [0, 0.1) is 0 Å². The monoisotopic (exact) mass is 316 g/mol. The molecule has 0 aliphatic carbocycles. The SMILES string of the molecule is CSCc1ccc(-c2ccc(C(F)(F)F)cc2)cc1Cl. The molecule has 2 aromatic carbocycles. The molecule has 0 nitrogen and oxygen atoms in total. The van der Waals surface area contributed by atoms with Gasteiger partial charge in [-0.15, -0.1) is 0 Å². The van der Waals surface area contributed by atoms with Gasteiger partial charge in [0.25, 0.3) is 0 Å². The van der Waals surface area contributed by atoms with Gasteiger partial charge in [-0.25, -0.2) is 0 Å². The molecule has 20 heavy (non-hydrogen) atoms. The van der Waals surface area contributed by atoms with Gasteiger partial charge in [0.05, 0.1) is 5.56 Å². The van der Waals surface area contributed by atoms with E-state index < -0.39 is 11.7 Å². The fourth-order valence-corrected chi connectivity index (χ4v) is 2.74. The van der Waals surface area contributed by atoms with E-state index >= 15 is 0 Å². The minimum Gasteiger partial charge on any atom is -0.166 e. The molecule has 0 N–H and O–H groups in total. The van der Waals surface area contributed by atoms with Crippen molar-refractivity contribution in [3.05, 3.63) is 58.6 Å². The van der Waals surface area contributed by atoms with Gasteiger partial charge in [0.1, 0.15) is 0 Å². The maximum absolute atomic E-state index is 12.5. The maximum atomic E-state index is 12.5. The fourth-order valence-electron chi connectivity index (χ4n) is 1.85. The lowest BCUT2D eigenvalue weighted by atomic mass is 10.0. The highest BCUT2D eigenvalue weighted by molar-refractivity contribution is 7.97. The topological polar surface area (TPSA) is 0 Å². The highest BCUT2D eigenvalue weighted by Crippen LogP contribution is 2.32. The van der Waals surface area contributed by atoms with Crippen molar-refractivity contribution in [3.8, 4) is 11.1 Å². The van der Waals surface area contributed by atoms with Gasteiger partial charge >= 0.3 is 6.18 Å². The Bertz CT molecular complexity index is 591. The molecule has 0 spiro atoms. The molecular weight excluding hydrogens is 305 g/mol. The van der Waals surface area contributed by atoms with Crippen LogP contribution in [0.2, 0.25) is 5.02 Å². The molecule has 0 amide bonds. The van der Waals surface area contributed by atoms with Crippen molar-refractivity contribution in [1.29, 1.82) is 0 Å². The van der Waals surface area contributed by atoms with Crippen LogP contribution in [0.3, 0.4) is 0 Å². The average Bonchev–Trinajstić information content (AvgIpc) is 2.40. The van der Waals surface area contributed by atoms with E-state index in [1.54, 1.807) is 17.8 Å². The van der Waals surface area contributed by atoms with E-state index in [1.807, 2.05) is 18.4 Å². The Labute approximate surface area is 125 Å². The van der Waals surface area contributed by atoms with Crippen LogP contribution >= 0.6 is 23.4 Å². The Morgan fingerprint density at radius 1 is 1.00 bits per heavy atom. The lowest BCUT2D eigenvalue weighted by molar-refractivity contribution is -0.137. The maximum Gasteiger partial charge on any atom is 0.416 e. The minimum absolute atomic E-state index is 0.636. The molecule has 0 aliphatic heterocycles. The van der Waals surface area contributed by atoms with Gasteiger partial charge in [-0.1, -0.05) is 35.9 Å². The van der Waals surface area contributed by atoms with E-state index in [2.05, 4.69) is 0 Å². The van der Waals surface area contributed by atoms with Crippen molar-refractivity contribution in [2.45, 2.75) is 11.9 Å². The summed E-state index contributed by atoms with van der Waals surface area (Å²) in [5, 5.41) is 0.636. The van der Waals surface area contributed by atoms with Gasteiger partial charge < -0.3 is 0 Å². The third kappa shape index (κ3) is 3.49. The molecule has 0 saturated heterocycles. The normalized spacial score (nSPS) is 11.7. The number of hydrogen-bond donors (Lipinski definition) is 0. The van der Waals surface area contributed by atoms with Crippen LogP contribution in [-0.4, -0.2) is 6.26 Å². The Morgan fingerprint density at radius 3 is 2.10 bits per heavy atom. The summed E-state index contributed by atoms with van der Waals surface area (Å²) in [5.41, 5.74) is 1.91. The van der Waals surface area contributed by atoms with Gasteiger partial charge in [-0.3, -0.25) is 0 Å². The number of alkyl halides is 3. The zero-order chi connectivity index (χ0) is 14.8. The summed E-state index contributed by atoms with van der Waals surface area (Å²) in [7, 11) is 0. The number of benzene rings is 2. The van der Waals surface area contributed by atoms with E-state index in [-0.39, 0.29) is 0 Å². The Hall–Kier alpha value is -1.13. The predicted octanol–water partition coefficient (Wildman–Crippen LogP) is 5.89. The largest absolute Gasteiger partial charge is 0.416 e. The van der Waals surface area contributed by atoms with Gasteiger partial charge in [0, 0.05) is 10.8 Å². The lowest BCUT2D eigenvalue weighted by Crippen LogP contribution is -2.03. The molecule has 0 aromatic heterocycles. The van der Waals surface area contributed by atoms with Crippen molar-refractivity contribution >= 4 is 23.4 Å². The Balaban J connectivity index is 2.30. The molecule has 2 aromatic rings. The summed E-state index contributed by atoms with van der Waals surface area (Å²) in [4.78, 5) is 0. The van der Waals surface area contributed by atoms with E-state index in [0.29, 0.717) is 5.02 Å². The molecule has 106 valence electrons. The first kappa shape index (κ1) is 15.3. The Morgan fingerprint density at radius 2 is 1.60 bits per heavy atom. The van der Waals surface area contributed by atoms with Gasteiger partial charge in [-0.05, 0) is 41.1 Å². The van der Waals surface area contributed by atoms with Crippen molar-refractivity contribution < 1.29 is 13.2 Å². The quantitative estimate of drug-likeness (QED) is 0.680. The van der Waals surface area contributed by atoms with Crippen molar-refractivity contribution in [2.75, 3.05) is 6.26 Å². The molecule has 0 bridgehead atoms. The van der Waals surface area contributed by atoms with Gasteiger partial charge in [-0.2, -0.15) is 24.9 Å². The number of hydrogen-bond acceptors (Lipinski definition) is 1. The van der Waals surface area contributed by atoms with Gasteiger partial charge in [0.2, 0.25) is 0 Å². The molecule has 0 atom stereocenters. The summed E-state index contributed by atoms with van der Waals surface area (Å²) in [6.07, 6.45) is -2.32. The van der Waals surface area contributed by atoms with Crippen molar-refractivity contribution in [3.63, 3.8) is 0 Å². The van der Waals surface area contributed by atoms with Crippen molar-refractivity contribution in [1.82, 2.24) is 0 Å². The number of rotatable bonds is 3. The van der Waals surface area contributed by atoms with E-state index in [1.165, 1.54) is 12.1 Å². The zero-order valence-electron chi connectivity index (χ0n) is 10.7. The first-order valence-electron chi connectivity index (χ1n) is 5.87. The summed E-state index contributed by atoms with van der Waals surface area (Å²) in [6.45, 7) is 0. The first-order valence-corrected chi connectivity index (χ1v) is 7.64. The number of halogens is 4. The van der Waals surface area contributed by atoms with Crippen LogP contribution in [0.25, 0.3) is 11.1 Å². The third-order valence-corrected chi connectivity index (χ3v) is 3.85. The molecule has 0 heterocycles. The highest BCUT2D eigenvalue weighted by atomic mass is 35.5. The third-order valence-electron chi connectivity index (χ3n) is 2.90. The fraction of sp³-hybridized carbons (Fsp3) is 0.200. The van der Waals surface area contributed by atoms with Crippen LogP contribution < -0.4 is 0 Å². The second-order valence-electron chi connectivity index (χ2n) is 4.31. The molecule has 0 radical (unpaired) electrons. The van der Waals surface area contributed by atoms with Crippen LogP contribution in [0.15, 0.2) is 42.5 Å². The molecule has 0 unspecified atom stereocenters. The Kier molecular flexibility index (Phi) is 4.66. The molecule has 2 rings (SSSR count). The van der Waals surface area contributed by atoms with Gasteiger partial charge in [0.15, 0.2) is 0 Å². The minimum atomic E-state index is -4.31. The second-order valence-corrected chi connectivity index (χ2v) is 5.59. The van der Waals surface area contributed by atoms with Crippen LogP contribution in [0.1, 0.15) is 11.1 Å². The van der Waals surface area contributed by atoms with Crippen LogP contribution in [-0.2, 0) is 11.9 Å². The van der Waals surface area contributed by atoms with Crippen LogP contribution in [0.4, 0.5) is 13.2 Å². The molecule has 0 saturated carbocycles. The van der Waals surface area contributed by atoms with Crippen LogP contribution in [0.5, 0.6) is 0 Å².